The van der Waals surface area contributed by atoms with Gasteiger partial charge in [-0.2, -0.15) is 8.78 Å². The fourth-order valence-corrected chi connectivity index (χ4v) is 1.11. The van der Waals surface area contributed by atoms with Gasteiger partial charge in [0, 0.05) is 14.1 Å². The van der Waals surface area contributed by atoms with E-state index in [-0.39, 0.29) is 5.75 Å². The fraction of sp³-hybridized carbons (Fsp3) is 0.300. The van der Waals surface area contributed by atoms with Crippen LogP contribution in [0.3, 0.4) is 0 Å². The largest absolute Gasteiger partial charge is 0.433 e. The summed E-state index contributed by atoms with van der Waals surface area (Å²) in [6, 6.07) is 6.39. The maximum absolute atomic E-state index is 12.1. The number of nitrogens with one attached hydrogen (secondary N) is 1. The molecular formula is C10H12F2N2OS. The molecule has 0 saturated heterocycles. The van der Waals surface area contributed by atoms with Gasteiger partial charge in [-0.15, -0.1) is 0 Å². The van der Waals surface area contributed by atoms with Gasteiger partial charge in [-0.1, -0.05) is 12.1 Å². The summed E-state index contributed by atoms with van der Waals surface area (Å²) < 4.78 is 28.6. The Bertz CT molecular complexity index is 372. The number of thiocarbonyl (C=S) groups is 1. The van der Waals surface area contributed by atoms with Crippen molar-refractivity contribution in [2.75, 3.05) is 19.4 Å². The van der Waals surface area contributed by atoms with Gasteiger partial charge in [-0.05, 0) is 24.4 Å². The summed E-state index contributed by atoms with van der Waals surface area (Å²) in [5.74, 6) is 0.0710. The summed E-state index contributed by atoms with van der Waals surface area (Å²) >= 11 is 5.00. The summed E-state index contributed by atoms with van der Waals surface area (Å²) in [4.78, 5) is 1.66. The van der Waals surface area contributed by atoms with Crippen molar-refractivity contribution in [3.05, 3.63) is 24.3 Å². The third kappa shape index (κ3) is 3.62. The fourth-order valence-electron chi connectivity index (χ4n) is 0.996. The monoisotopic (exact) mass is 246 g/mol. The predicted octanol–water partition coefficient (Wildman–Crippen LogP) is 2.55. The van der Waals surface area contributed by atoms with E-state index in [1.807, 2.05) is 0 Å². The molecule has 0 unspecified atom stereocenters. The smallest absolute Gasteiger partial charge is 0.387 e. The Balaban J connectivity index is 2.82. The number of hydrogen-bond donors (Lipinski definition) is 1. The molecule has 0 spiro atoms. The third-order valence-electron chi connectivity index (χ3n) is 1.75. The van der Waals surface area contributed by atoms with Crippen LogP contribution in [-0.4, -0.2) is 30.7 Å². The molecule has 0 amide bonds. The molecule has 0 aromatic heterocycles. The minimum atomic E-state index is -2.85. The molecule has 88 valence electrons. The zero-order valence-electron chi connectivity index (χ0n) is 8.91. The maximum atomic E-state index is 12.1. The molecule has 0 heterocycles. The summed E-state index contributed by atoms with van der Waals surface area (Å²) in [5.41, 5.74) is 0.418. The van der Waals surface area contributed by atoms with Crippen LogP contribution in [0.25, 0.3) is 0 Å². The molecule has 0 aliphatic heterocycles. The number of rotatable bonds is 3. The number of anilines is 1. The van der Waals surface area contributed by atoms with Crippen molar-refractivity contribution in [1.82, 2.24) is 4.90 Å². The standard InChI is InChI=1S/C10H12F2N2OS/c1-14(2)10(16)13-7-5-3-4-6-8(7)15-9(11)12/h3-6,9H,1-2H3,(H,13,16). The Hall–Kier alpha value is -1.43. The van der Waals surface area contributed by atoms with Crippen molar-refractivity contribution >= 4 is 23.0 Å². The van der Waals surface area contributed by atoms with Gasteiger partial charge in [-0.25, -0.2) is 0 Å². The van der Waals surface area contributed by atoms with Gasteiger partial charge in [0.2, 0.25) is 0 Å². The Morgan fingerprint density at radius 3 is 2.56 bits per heavy atom. The SMILES string of the molecule is CN(C)C(=S)Nc1ccccc1OC(F)F. The van der Waals surface area contributed by atoms with E-state index in [0.29, 0.717) is 10.8 Å². The lowest BCUT2D eigenvalue weighted by Crippen LogP contribution is -2.27. The Morgan fingerprint density at radius 2 is 2.00 bits per heavy atom. The van der Waals surface area contributed by atoms with Crippen molar-refractivity contribution in [3.8, 4) is 5.75 Å². The Kier molecular flexibility index (Phi) is 4.42. The topological polar surface area (TPSA) is 24.5 Å². The summed E-state index contributed by atoms with van der Waals surface area (Å²) in [5, 5.41) is 3.24. The molecule has 1 N–H and O–H groups in total. The quantitative estimate of drug-likeness (QED) is 0.828. The first-order valence-electron chi connectivity index (χ1n) is 4.53. The van der Waals surface area contributed by atoms with Gasteiger partial charge >= 0.3 is 6.61 Å². The van der Waals surface area contributed by atoms with Gasteiger partial charge in [0.25, 0.3) is 0 Å². The second-order valence-corrected chi connectivity index (χ2v) is 3.59. The molecule has 1 rings (SSSR count). The Morgan fingerprint density at radius 1 is 1.38 bits per heavy atom. The van der Waals surface area contributed by atoms with Crippen LogP contribution in [0.2, 0.25) is 0 Å². The number of benzene rings is 1. The number of para-hydroxylation sites is 2. The minimum absolute atomic E-state index is 0.0710. The normalized spacial score (nSPS) is 10.1. The molecule has 0 radical (unpaired) electrons. The van der Waals surface area contributed by atoms with Gasteiger partial charge in [-0.3, -0.25) is 0 Å². The zero-order chi connectivity index (χ0) is 12.1. The van der Waals surface area contributed by atoms with Crippen LogP contribution < -0.4 is 10.1 Å². The first-order chi connectivity index (χ1) is 7.50. The highest BCUT2D eigenvalue weighted by atomic mass is 32.1. The van der Waals surface area contributed by atoms with Crippen LogP contribution in [0.5, 0.6) is 5.75 Å². The van der Waals surface area contributed by atoms with E-state index in [2.05, 4.69) is 10.1 Å². The zero-order valence-corrected chi connectivity index (χ0v) is 9.72. The lowest BCUT2D eigenvalue weighted by atomic mass is 10.3. The molecule has 16 heavy (non-hydrogen) atoms. The van der Waals surface area contributed by atoms with E-state index >= 15 is 0 Å². The second kappa shape index (κ2) is 5.60. The number of halogens is 2. The summed E-state index contributed by atoms with van der Waals surface area (Å²) in [6.45, 7) is -2.85. The van der Waals surface area contributed by atoms with Crippen LogP contribution >= 0.6 is 12.2 Å². The highest BCUT2D eigenvalue weighted by molar-refractivity contribution is 7.80. The average Bonchev–Trinajstić information content (AvgIpc) is 2.20. The molecular weight excluding hydrogens is 234 g/mol. The molecule has 0 atom stereocenters. The lowest BCUT2D eigenvalue weighted by Gasteiger charge is -2.17. The molecule has 1 aromatic carbocycles. The number of ether oxygens (including phenoxy) is 1. The van der Waals surface area contributed by atoms with E-state index in [0.717, 1.165) is 0 Å². The minimum Gasteiger partial charge on any atom is -0.433 e. The summed E-state index contributed by atoms with van der Waals surface area (Å²) in [6.07, 6.45) is 0. The molecule has 0 saturated carbocycles. The van der Waals surface area contributed by atoms with Gasteiger partial charge in [0.1, 0.15) is 5.75 Å². The van der Waals surface area contributed by atoms with Gasteiger partial charge in [0.15, 0.2) is 5.11 Å². The maximum Gasteiger partial charge on any atom is 0.387 e. The van der Waals surface area contributed by atoms with Gasteiger partial charge in [0.05, 0.1) is 5.69 Å². The first-order valence-corrected chi connectivity index (χ1v) is 4.93. The highest BCUT2D eigenvalue weighted by Gasteiger charge is 2.10. The van der Waals surface area contributed by atoms with E-state index in [1.54, 1.807) is 37.2 Å². The van der Waals surface area contributed by atoms with Gasteiger partial charge < -0.3 is 15.0 Å². The van der Waals surface area contributed by atoms with E-state index in [1.165, 1.54) is 6.07 Å². The van der Waals surface area contributed by atoms with Crippen molar-refractivity contribution in [1.29, 1.82) is 0 Å². The number of alkyl halides is 2. The summed E-state index contributed by atoms with van der Waals surface area (Å²) in [7, 11) is 3.51. The predicted molar refractivity (Wildman–Crippen MR) is 63.0 cm³/mol. The van der Waals surface area contributed by atoms with E-state index in [4.69, 9.17) is 12.2 Å². The van der Waals surface area contributed by atoms with Crippen LogP contribution in [0.15, 0.2) is 24.3 Å². The molecule has 6 heteroatoms. The van der Waals surface area contributed by atoms with Crippen molar-refractivity contribution in [3.63, 3.8) is 0 Å². The molecule has 0 aliphatic carbocycles. The molecule has 0 fully saturated rings. The van der Waals surface area contributed by atoms with E-state index < -0.39 is 6.61 Å². The molecule has 0 bridgehead atoms. The van der Waals surface area contributed by atoms with E-state index in [9.17, 15) is 8.78 Å². The number of nitrogens with zero attached hydrogens (tertiary/aromatic N) is 1. The number of hydrogen-bond acceptors (Lipinski definition) is 2. The van der Waals surface area contributed by atoms with Crippen molar-refractivity contribution in [2.45, 2.75) is 6.61 Å². The average molecular weight is 246 g/mol. The second-order valence-electron chi connectivity index (χ2n) is 3.20. The first kappa shape index (κ1) is 12.6. The molecule has 1 aromatic rings. The van der Waals surface area contributed by atoms with Crippen LogP contribution in [0.4, 0.5) is 14.5 Å². The molecule has 3 nitrogen and oxygen atoms in total. The lowest BCUT2D eigenvalue weighted by molar-refractivity contribution is -0.0493. The molecule has 0 aliphatic rings. The van der Waals surface area contributed by atoms with Crippen LogP contribution in [0, 0.1) is 0 Å². The van der Waals surface area contributed by atoms with Crippen molar-refractivity contribution in [2.24, 2.45) is 0 Å². The highest BCUT2D eigenvalue weighted by Crippen LogP contribution is 2.25. The van der Waals surface area contributed by atoms with Crippen LogP contribution in [0.1, 0.15) is 0 Å². The Labute approximate surface area is 98.0 Å². The van der Waals surface area contributed by atoms with Crippen LogP contribution in [-0.2, 0) is 0 Å². The third-order valence-corrected chi connectivity index (χ3v) is 2.22. The van der Waals surface area contributed by atoms with Crippen molar-refractivity contribution < 1.29 is 13.5 Å².